The molecule has 0 aliphatic heterocycles. The summed E-state index contributed by atoms with van der Waals surface area (Å²) in [5, 5.41) is 1.09. The molecule has 0 unspecified atom stereocenters. The molecule has 29 heavy (non-hydrogen) atoms. The molecule has 2 N–H and O–H groups in total. The Hall–Kier alpha value is -2.59. The van der Waals surface area contributed by atoms with E-state index >= 15 is 0 Å². The molecular formula is C12H6F10N2O4S. The van der Waals surface area contributed by atoms with E-state index in [-0.39, 0.29) is 0 Å². The molecule has 0 atom stereocenters. The third-order valence-corrected chi connectivity index (χ3v) is 4.28. The van der Waals surface area contributed by atoms with Crippen molar-refractivity contribution in [3.8, 4) is 0 Å². The first kappa shape index (κ1) is 24.4. The Balaban J connectivity index is 3.01. The largest absolute Gasteiger partial charge is 0.463 e. The highest BCUT2D eigenvalue weighted by atomic mass is 32.2. The number of benzene rings is 1. The molecule has 0 heterocycles. The molecule has 1 rings (SSSR count). The average Bonchev–Trinajstić information content (AvgIpc) is 2.52. The van der Waals surface area contributed by atoms with Gasteiger partial charge in [0.15, 0.2) is 0 Å². The summed E-state index contributed by atoms with van der Waals surface area (Å²) < 4.78 is 147. The number of alkyl halides is 10. The number of halogens is 10. The molecule has 2 amide bonds. The van der Waals surface area contributed by atoms with Crippen LogP contribution in [-0.4, -0.2) is 44.4 Å². The first-order valence-corrected chi connectivity index (χ1v) is 8.09. The second-order valence-electron chi connectivity index (χ2n) is 5.06. The Morgan fingerprint density at radius 3 is 1.45 bits per heavy atom. The van der Waals surface area contributed by atoms with Gasteiger partial charge in [0.25, 0.3) is 10.0 Å². The summed E-state index contributed by atoms with van der Waals surface area (Å²) in [6.07, 6.45) is -12.7. The van der Waals surface area contributed by atoms with Gasteiger partial charge in [0.2, 0.25) is 0 Å². The fraction of sp³-hybridized carbons (Fsp3) is 0.333. The van der Waals surface area contributed by atoms with Gasteiger partial charge in [0, 0.05) is 5.69 Å². The molecule has 0 aliphatic carbocycles. The monoisotopic (exact) mass is 464 g/mol. The van der Waals surface area contributed by atoms with E-state index in [4.69, 9.17) is 0 Å². The van der Waals surface area contributed by atoms with Crippen LogP contribution >= 0.6 is 0 Å². The van der Waals surface area contributed by atoms with Crippen molar-refractivity contribution in [1.29, 1.82) is 0 Å². The predicted molar refractivity (Wildman–Crippen MR) is 72.4 cm³/mol. The van der Waals surface area contributed by atoms with Crippen molar-refractivity contribution in [2.24, 2.45) is 0 Å². The second kappa shape index (κ2) is 7.34. The van der Waals surface area contributed by atoms with Crippen molar-refractivity contribution in [3.63, 3.8) is 0 Å². The number of carbonyl (C=O) groups excluding carboxylic acids is 2. The number of sulfonamides is 1. The Bertz CT molecular complexity index is 891. The first-order valence-electron chi connectivity index (χ1n) is 6.61. The van der Waals surface area contributed by atoms with E-state index in [0.717, 1.165) is 5.32 Å². The molecule has 6 nitrogen and oxygen atoms in total. The molecule has 0 spiro atoms. The number of nitrogens with one attached hydrogen (secondary N) is 2. The highest BCUT2D eigenvalue weighted by Crippen LogP contribution is 2.37. The van der Waals surface area contributed by atoms with Gasteiger partial charge in [-0.15, -0.1) is 0 Å². The zero-order valence-electron chi connectivity index (χ0n) is 13.1. The van der Waals surface area contributed by atoms with Crippen LogP contribution in [0.1, 0.15) is 0 Å². The quantitative estimate of drug-likeness (QED) is 0.656. The van der Waals surface area contributed by atoms with Crippen molar-refractivity contribution < 1.29 is 61.9 Å². The minimum absolute atomic E-state index is 0.322. The third kappa shape index (κ3) is 5.07. The van der Waals surface area contributed by atoms with E-state index < -0.39 is 56.6 Å². The lowest BCUT2D eigenvalue weighted by molar-refractivity contribution is -0.269. The SMILES string of the molecule is O=C(Nc1ccc(S(=O)(=O)NC(=O)C(F)(F)C(F)(F)F)cc1)C(F)(F)C(F)(F)F. The van der Waals surface area contributed by atoms with Crippen molar-refractivity contribution in [2.45, 2.75) is 29.1 Å². The Morgan fingerprint density at radius 1 is 0.690 bits per heavy atom. The van der Waals surface area contributed by atoms with E-state index in [0.29, 0.717) is 29.0 Å². The number of hydrogen-bond acceptors (Lipinski definition) is 4. The summed E-state index contributed by atoms with van der Waals surface area (Å²) in [7, 11) is -5.32. The standard InChI is InChI=1S/C12H6F10N2O4S/c13-9(14,11(17,18)19)7(25)23-5-1-3-6(4-2-5)29(27,28)24-8(26)10(15,16)12(20,21)22/h1-4H,(H,23,25)(H,24,26). The van der Waals surface area contributed by atoms with Crippen molar-refractivity contribution in [1.82, 2.24) is 4.72 Å². The molecule has 0 fully saturated rings. The lowest BCUT2D eigenvalue weighted by Crippen LogP contribution is -2.51. The van der Waals surface area contributed by atoms with Gasteiger partial charge < -0.3 is 5.32 Å². The summed E-state index contributed by atoms with van der Waals surface area (Å²) in [4.78, 5) is 20.7. The van der Waals surface area contributed by atoms with Crippen LogP contribution in [0.2, 0.25) is 0 Å². The highest BCUT2D eigenvalue weighted by Gasteiger charge is 2.64. The molecule has 0 saturated carbocycles. The van der Waals surface area contributed by atoms with Crippen molar-refractivity contribution >= 4 is 27.5 Å². The normalized spacial score (nSPS) is 13.7. The van der Waals surface area contributed by atoms with Gasteiger partial charge in [-0.2, -0.15) is 43.9 Å². The van der Waals surface area contributed by atoms with Crippen LogP contribution < -0.4 is 10.0 Å². The van der Waals surface area contributed by atoms with E-state index in [1.165, 1.54) is 0 Å². The van der Waals surface area contributed by atoms with Gasteiger partial charge in [0.05, 0.1) is 4.90 Å². The maximum absolute atomic E-state index is 12.8. The molecule has 164 valence electrons. The van der Waals surface area contributed by atoms with Gasteiger partial charge in [-0.3, -0.25) is 9.59 Å². The predicted octanol–water partition coefficient (Wildman–Crippen LogP) is 2.83. The van der Waals surface area contributed by atoms with Gasteiger partial charge in [-0.05, 0) is 24.3 Å². The van der Waals surface area contributed by atoms with Gasteiger partial charge in [0.1, 0.15) is 0 Å². The van der Waals surface area contributed by atoms with Crippen LogP contribution in [0.4, 0.5) is 49.6 Å². The maximum atomic E-state index is 12.8. The number of rotatable bonds is 5. The van der Waals surface area contributed by atoms with Gasteiger partial charge >= 0.3 is 36.0 Å². The fourth-order valence-corrected chi connectivity index (χ4v) is 2.41. The summed E-state index contributed by atoms with van der Waals surface area (Å²) in [6.45, 7) is 0. The van der Waals surface area contributed by atoms with Crippen LogP contribution in [0.5, 0.6) is 0 Å². The lowest BCUT2D eigenvalue weighted by Gasteiger charge is -2.19. The molecule has 0 bridgehead atoms. The molecule has 0 aromatic heterocycles. The van der Waals surface area contributed by atoms with E-state index in [9.17, 15) is 61.9 Å². The number of amides is 2. The van der Waals surface area contributed by atoms with Gasteiger partial charge in [-0.1, -0.05) is 0 Å². The first-order chi connectivity index (χ1) is 12.7. The fourth-order valence-electron chi connectivity index (χ4n) is 1.43. The summed E-state index contributed by atoms with van der Waals surface area (Å²) in [6, 6.07) is 1.46. The van der Waals surface area contributed by atoms with Gasteiger partial charge in [-0.25, -0.2) is 13.1 Å². The molecule has 0 radical (unpaired) electrons. The minimum atomic E-state index is -6.41. The van der Waals surface area contributed by atoms with E-state index in [1.54, 1.807) is 0 Å². The molecule has 1 aromatic rings. The Labute approximate surface area is 153 Å². The van der Waals surface area contributed by atoms with Crippen LogP contribution in [0.25, 0.3) is 0 Å². The Kier molecular flexibility index (Phi) is 6.19. The van der Waals surface area contributed by atoms with Crippen molar-refractivity contribution in [2.75, 3.05) is 5.32 Å². The zero-order valence-corrected chi connectivity index (χ0v) is 13.9. The summed E-state index contributed by atoms with van der Waals surface area (Å²) in [5.41, 5.74) is -0.815. The van der Waals surface area contributed by atoms with E-state index in [1.807, 2.05) is 0 Å². The van der Waals surface area contributed by atoms with Crippen molar-refractivity contribution in [3.05, 3.63) is 24.3 Å². The molecule has 0 aliphatic rings. The summed E-state index contributed by atoms with van der Waals surface area (Å²) >= 11 is 0. The molecule has 1 aromatic carbocycles. The Morgan fingerprint density at radius 2 is 1.07 bits per heavy atom. The zero-order chi connectivity index (χ0) is 23.1. The van der Waals surface area contributed by atoms with Crippen LogP contribution in [0.15, 0.2) is 29.2 Å². The smallest absolute Gasteiger partial charge is 0.321 e. The molecule has 17 heteroatoms. The van der Waals surface area contributed by atoms with Crippen LogP contribution in [0, 0.1) is 0 Å². The number of anilines is 1. The minimum Gasteiger partial charge on any atom is -0.321 e. The third-order valence-electron chi connectivity index (χ3n) is 2.93. The topological polar surface area (TPSA) is 92.3 Å². The van der Waals surface area contributed by atoms with E-state index in [2.05, 4.69) is 0 Å². The van der Waals surface area contributed by atoms with Crippen LogP contribution in [0.3, 0.4) is 0 Å². The highest BCUT2D eigenvalue weighted by molar-refractivity contribution is 7.90. The second-order valence-corrected chi connectivity index (χ2v) is 6.74. The van der Waals surface area contributed by atoms with Crippen LogP contribution in [-0.2, 0) is 19.6 Å². The lowest BCUT2D eigenvalue weighted by atomic mass is 10.2. The molecular weight excluding hydrogens is 458 g/mol. The molecule has 0 saturated heterocycles. The average molecular weight is 464 g/mol. The maximum Gasteiger partial charge on any atom is 0.463 e. The number of carbonyl (C=O) groups is 2. The summed E-state index contributed by atoms with van der Waals surface area (Å²) in [5.74, 6) is -18.0. The number of hydrogen-bond donors (Lipinski definition) is 2.